The van der Waals surface area contributed by atoms with Gasteiger partial charge in [-0.2, -0.15) is 0 Å². The number of benzene rings is 1. The van der Waals surface area contributed by atoms with Gasteiger partial charge in [-0.1, -0.05) is 6.07 Å². The van der Waals surface area contributed by atoms with Crippen LogP contribution in [0.15, 0.2) is 48.8 Å². The summed E-state index contributed by atoms with van der Waals surface area (Å²) in [5.41, 5.74) is 4.48. The van der Waals surface area contributed by atoms with Crippen LogP contribution in [-0.4, -0.2) is 38.8 Å². The van der Waals surface area contributed by atoms with Gasteiger partial charge in [0.05, 0.1) is 11.9 Å². The van der Waals surface area contributed by atoms with Crippen LogP contribution in [0.5, 0.6) is 0 Å². The Hall–Kier alpha value is -3.35. The average molecular weight is 391 g/mol. The number of nitrogens with one attached hydrogen (secondary N) is 1. The minimum Gasteiger partial charge on any atom is -0.355 e. The standard InChI is InChI=1S/C22H22FN5O/c1-14-8-19(27-18-5-3-4-17(23)9-18)10-20(26-14)16-6-7-28(13-16)22(29)21-12-24-15(2)11-25-21/h3-5,8-12,16H,6-7,13H2,1-2H3,(H,26,27)/t16-/m0/s1. The molecular formula is C22H22FN5O. The van der Waals surface area contributed by atoms with E-state index in [1.54, 1.807) is 17.2 Å². The van der Waals surface area contributed by atoms with E-state index in [2.05, 4.69) is 20.3 Å². The van der Waals surface area contributed by atoms with Crippen LogP contribution in [-0.2, 0) is 0 Å². The van der Waals surface area contributed by atoms with Gasteiger partial charge in [-0.3, -0.25) is 14.8 Å². The van der Waals surface area contributed by atoms with Crippen LogP contribution >= 0.6 is 0 Å². The zero-order chi connectivity index (χ0) is 20.4. The van der Waals surface area contributed by atoms with Crippen molar-refractivity contribution in [2.45, 2.75) is 26.2 Å². The van der Waals surface area contributed by atoms with Crippen LogP contribution in [0.4, 0.5) is 15.8 Å². The number of pyridine rings is 1. The van der Waals surface area contributed by atoms with E-state index in [0.29, 0.717) is 24.5 Å². The highest BCUT2D eigenvalue weighted by Crippen LogP contribution is 2.29. The maximum absolute atomic E-state index is 13.5. The first-order chi connectivity index (χ1) is 14.0. The molecule has 0 spiro atoms. The number of rotatable bonds is 4. The maximum atomic E-state index is 13.5. The van der Waals surface area contributed by atoms with E-state index < -0.39 is 0 Å². The number of amides is 1. The van der Waals surface area contributed by atoms with E-state index in [1.807, 2.05) is 32.0 Å². The molecule has 0 saturated carbocycles. The summed E-state index contributed by atoms with van der Waals surface area (Å²) in [5.74, 6) is -0.249. The highest BCUT2D eigenvalue weighted by molar-refractivity contribution is 5.92. The lowest BCUT2D eigenvalue weighted by Gasteiger charge is -2.17. The summed E-state index contributed by atoms with van der Waals surface area (Å²) in [6.07, 6.45) is 3.96. The lowest BCUT2D eigenvalue weighted by molar-refractivity contribution is 0.0784. The van der Waals surface area contributed by atoms with Gasteiger partial charge in [-0.15, -0.1) is 0 Å². The number of hydrogen-bond donors (Lipinski definition) is 1. The molecule has 0 bridgehead atoms. The van der Waals surface area contributed by atoms with Gasteiger partial charge in [-0.05, 0) is 50.6 Å². The van der Waals surface area contributed by atoms with Gasteiger partial charge >= 0.3 is 0 Å². The fourth-order valence-corrected chi connectivity index (χ4v) is 3.56. The normalized spacial score (nSPS) is 16.1. The average Bonchev–Trinajstić information content (AvgIpc) is 3.18. The van der Waals surface area contributed by atoms with Crippen LogP contribution in [0.2, 0.25) is 0 Å². The van der Waals surface area contributed by atoms with Crippen LogP contribution in [0.3, 0.4) is 0 Å². The Bertz CT molecular complexity index is 1040. The molecule has 1 atom stereocenters. The molecule has 1 aliphatic heterocycles. The molecule has 0 aliphatic carbocycles. The van der Waals surface area contributed by atoms with Crippen molar-refractivity contribution in [3.63, 3.8) is 0 Å². The van der Waals surface area contributed by atoms with Gasteiger partial charge in [0, 0.05) is 48.0 Å². The second-order valence-electron chi connectivity index (χ2n) is 7.34. The predicted molar refractivity (Wildman–Crippen MR) is 109 cm³/mol. The van der Waals surface area contributed by atoms with Crippen molar-refractivity contribution < 1.29 is 9.18 Å². The predicted octanol–water partition coefficient (Wildman–Crippen LogP) is 4.00. The molecule has 3 aromatic rings. The molecule has 148 valence electrons. The summed E-state index contributed by atoms with van der Waals surface area (Å²) in [6, 6.07) is 10.2. The third-order valence-corrected chi connectivity index (χ3v) is 4.98. The summed E-state index contributed by atoms with van der Waals surface area (Å²) in [5, 5.41) is 3.24. The van der Waals surface area contributed by atoms with E-state index in [-0.39, 0.29) is 17.6 Å². The van der Waals surface area contributed by atoms with Crippen molar-refractivity contribution in [3.05, 3.63) is 77.4 Å². The Kier molecular flexibility index (Phi) is 5.20. The fourth-order valence-electron chi connectivity index (χ4n) is 3.56. The molecular weight excluding hydrogens is 369 g/mol. The second kappa shape index (κ2) is 7.95. The Morgan fingerprint density at radius 3 is 2.72 bits per heavy atom. The molecule has 1 N–H and O–H groups in total. The largest absolute Gasteiger partial charge is 0.355 e. The number of carbonyl (C=O) groups excluding carboxylic acids is 1. The van der Waals surface area contributed by atoms with E-state index in [4.69, 9.17) is 0 Å². The molecule has 1 fully saturated rings. The van der Waals surface area contributed by atoms with Crippen molar-refractivity contribution in [1.82, 2.24) is 19.9 Å². The van der Waals surface area contributed by atoms with Gasteiger partial charge in [0.2, 0.25) is 0 Å². The van der Waals surface area contributed by atoms with Crippen molar-refractivity contribution in [3.8, 4) is 0 Å². The molecule has 1 aromatic carbocycles. The van der Waals surface area contributed by atoms with E-state index >= 15 is 0 Å². The summed E-state index contributed by atoms with van der Waals surface area (Å²) in [7, 11) is 0. The molecule has 2 aromatic heterocycles. The summed E-state index contributed by atoms with van der Waals surface area (Å²) < 4.78 is 13.5. The van der Waals surface area contributed by atoms with Gasteiger partial charge in [0.25, 0.3) is 5.91 Å². The van der Waals surface area contributed by atoms with Crippen molar-refractivity contribution >= 4 is 17.3 Å². The van der Waals surface area contributed by atoms with Crippen molar-refractivity contribution in [2.24, 2.45) is 0 Å². The Balaban J connectivity index is 1.49. The minimum absolute atomic E-state index is 0.106. The Morgan fingerprint density at radius 1 is 1.10 bits per heavy atom. The molecule has 0 unspecified atom stereocenters. The molecule has 4 rings (SSSR count). The second-order valence-corrected chi connectivity index (χ2v) is 7.34. The van der Waals surface area contributed by atoms with Crippen molar-refractivity contribution in [2.75, 3.05) is 18.4 Å². The highest BCUT2D eigenvalue weighted by atomic mass is 19.1. The van der Waals surface area contributed by atoms with Gasteiger partial charge in [0.1, 0.15) is 11.5 Å². The zero-order valence-corrected chi connectivity index (χ0v) is 16.4. The molecule has 7 heteroatoms. The Morgan fingerprint density at radius 2 is 1.97 bits per heavy atom. The van der Waals surface area contributed by atoms with E-state index in [0.717, 1.165) is 29.2 Å². The number of carbonyl (C=O) groups is 1. The lowest BCUT2D eigenvalue weighted by atomic mass is 10.0. The molecule has 1 saturated heterocycles. The van der Waals surface area contributed by atoms with Gasteiger partial charge < -0.3 is 10.2 Å². The number of aryl methyl sites for hydroxylation is 2. The summed E-state index contributed by atoms with van der Waals surface area (Å²) in [4.78, 5) is 27.5. The first-order valence-corrected chi connectivity index (χ1v) is 9.57. The smallest absolute Gasteiger partial charge is 0.274 e. The first kappa shape index (κ1) is 19.0. The summed E-state index contributed by atoms with van der Waals surface area (Å²) >= 11 is 0. The van der Waals surface area contributed by atoms with Crippen LogP contribution in [0.1, 0.15) is 39.9 Å². The monoisotopic (exact) mass is 391 g/mol. The molecule has 6 nitrogen and oxygen atoms in total. The summed E-state index contributed by atoms with van der Waals surface area (Å²) in [6.45, 7) is 5.01. The number of likely N-dealkylation sites (tertiary alicyclic amines) is 1. The SMILES string of the molecule is Cc1cnc(C(=O)N2CC[C@H](c3cc(Nc4cccc(F)c4)cc(C)n3)C2)cn1. The minimum atomic E-state index is -0.287. The van der Waals surface area contributed by atoms with E-state index in [1.165, 1.54) is 18.3 Å². The third kappa shape index (κ3) is 4.39. The van der Waals surface area contributed by atoms with Crippen LogP contribution < -0.4 is 5.32 Å². The Labute approximate surface area is 168 Å². The lowest BCUT2D eigenvalue weighted by Crippen LogP contribution is -2.29. The molecule has 29 heavy (non-hydrogen) atoms. The molecule has 3 heterocycles. The van der Waals surface area contributed by atoms with Gasteiger partial charge in [0.15, 0.2) is 0 Å². The maximum Gasteiger partial charge on any atom is 0.274 e. The molecule has 1 aliphatic rings. The number of hydrogen-bond acceptors (Lipinski definition) is 5. The number of anilines is 2. The van der Waals surface area contributed by atoms with Crippen molar-refractivity contribution in [1.29, 1.82) is 0 Å². The van der Waals surface area contributed by atoms with Crippen LogP contribution in [0.25, 0.3) is 0 Å². The third-order valence-electron chi connectivity index (χ3n) is 4.98. The number of halogens is 1. The topological polar surface area (TPSA) is 71.0 Å². The van der Waals surface area contributed by atoms with Gasteiger partial charge in [-0.25, -0.2) is 9.37 Å². The highest BCUT2D eigenvalue weighted by Gasteiger charge is 2.29. The van der Waals surface area contributed by atoms with E-state index in [9.17, 15) is 9.18 Å². The zero-order valence-electron chi connectivity index (χ0n) is 16.4. The molecule has 1 amide bonds. The number of nitrogens with zero attached hydrogens (tertiary/aromatic N) is 4. The number of aromatic nitrogens is 3. The fraction of sp³-hybridized carbons (Fsp3) is 0.273. The quantitative estimate of drug-likeness (QED) is 0.728. The van der Waals surface area contributed by atoms with Crippen LogP contribution in [0, 0.1) is 19.7 Å². The first-order valence-electron chi connectivity index (χ1n) is 9.57. The molecule has 0 radical (unpaired) electrons.